The zero-order chi connectivity index (χ0) is 21.9. The number of carbonyl (C=O) groups excluding carboxylic acids is 1. The lowest BCUT2D eigenvalue weighted by Crippen LogP contribution is -2.31. The molecule has 0 aliphatic heterocycles. The monoisotopic (exact) mass is 418 g/mol. The fourth-order valence-electron chi connectivity index (χ4n) is 3.28. The Labute approximate surface area is 173 Å². The number of para-hydroxylation sites is 1. The molecule has 1 N–H and O–H groups in total. The van der Waals surface area contributed by atoms with E-state index < -0.39 is 10.0 Å². The molecule has 0 saturated heterocycles. The van der Waals surface area contributed by atoms with Gasteiger partial charge in [0.05, 0.1) is 30.7 Å². The number of ether oxygens (including phenoxy) is 1. The van der Waals surface area contributed by atoms with Gasteiger partial charge in [0, 0.05) is 7.05 Å². The lowest BCUT2D eigenvalue weighted by atomic mass is 9.93. The normalized spacial score (nSPS) is 12.6. The van der Waals surface area contributed by atoms with Crippen LogP contribution in [0.1, 0.15) is 59.8 Å². The van der Waals surface area contributed by atoms with Gasteiger partial charge in [0.2, 0.25) is 10.0 Å². The van der Waals surface area contributed by atoms with E-state index in [1.54, 1.807) is 31.4 Å². The number of sulfonamides is 1. The van der Waals surface area contributed by atoms with Crippen LogP contribution in [0.5, 0.6) is 5.75 Å². The maximum absolute atomic E-state index is 13.0. The number of aryl methyl sites for hydroxylation is 1. The highest BCUT2D eigenvalue weighted by Crippen LogP contribution is 2.32. The second-order valence-electron chi connectivity index (χ2n) is 7.55. The van der Waals surface area contributed by atoms with E-state index in [9.17, 15) is 13.2 Å². The van der Waals surface area contributed by atoms with Gasteiger partial charge < -0.3 is 10.1 Å². The highest BCUT2D eigenvalue weighted by atomic mass is 32.2. The van der Waals surface area contributed by atoms with Crippen molar-refractivity contribution in [2.24, 2.45) is 0 Å². The third-order valence-corrected chi connectivity index (χ3v) is 6.23. The van der Waals surface area contributed by atoms with Crippen molar-refractivity contribution in [3.63, 3.8) is 0 Å². The lowest BCUT2D eigenvalue weighted by Gasteiger charge is -2.23. The minimum absolute atomic E-state index is 0.262. The highest BCUT2D eigenvalue weighted by Gasteiger charge is 2.22. The molecule has 0 aromatic heterocycles. The number of nitrogens with one attached hydrogen (secondary N) is 1. The first-order valence-corrected chi connectivity index (χ1v) is 11.3. The Morgan fingerprint density at radius 2 is 1.72 bits per heavy atom. The highest BCUT2D eigenvalue weighted by molar-refractivity contribution is 7.92. The fraction of sp³-hybridized carbons (Fsp3) is 0.409. The molecule has 7 heteroatoms. The number of benzene rings is 2. The van der Waals surface area contributed by atoms with Gasteiger partial charge in [0.1, 0.15) is 5.75 Å². The number of nitrogens with zero attached hydrogens (tertiary/aromatic N) is 1. The lowest BCUT2D eigenvalue weighted by molar-refractivity contribution is 0.0940. The van der Waals surface area contributed by atoms with E-state index in [4.69, 9.17) is 4.74 Å². The molecule has 2 rings (SSSR count). The van der Waals surface area contributed by atoms with Crippen molar-refractivity contribution < 1.29 is 17.9 Å². The summed E-state index contributed by atoms with van der Waals surface area (Å²) in [7, 11) is -0.391. The summed E-state index contributed by atoms with van der Waals surface area (Å²) in [6.45, 7) is 8.09. The molecule has 0 spiro atoms. The topological polar surface area (TPSA) is 75.7 Å². The molecule has 0 aliphatic carbocycles. The molecular formula is C22H30N2O4S. The van der Waals surface area contributed by atoms with Crippen molar-refractivity contribution in [1.29, 1.82) is 0 Å². The predicted octanol–water partition coefficient (Wildman–Crippen LogP) is 4.01. The summed E-state index contributed by atoms with van der Waals surface area (Å²) in [5, 5.41) is 3.00. The molecule has 6 nitrogen and oxygen atoms in total. The molecule has 158 valence electrons. The second-order valence-corrected chi connectivity index (χ2v) is 9.56. The van der Waals surface area contributed by atoms with Crippen LogP contribution in [0.15, 0.2) is 36.4 Å². The Bertz CT molecular complexity index is 1000. The molecule has 0 radical (unpaired) electrons. The molecular weight excluding hydrogens is 388 g/mol. The minimum Gasteiger partial charge on any atom is -0.496 e. The van der Waals surface area contributed by atoms with Gasteiger partial charge in [-0.25, -0.2) is 8.42 Å². The van der Waals surface area contributed by atoms with E-state index in [0.717, 1.165) is 33.0 Å². The predicted molar refractivity (Wildman–Crippen MR) is 117 cm³/mol. The average Bonchev–Trinajstić information content (AvgIpc) is 2.65. The molecule has 1 unspecified atom stereocenters. The fourth-order valence-corrected chi connectivity index (χ4v) is 3.80. The second kappa shape index (κ2) is 8.86. The van der Waals surface area contributed by atoms with Crippen molar-refractivity contribution in [1.82, 2.24) is 5.32 Å². The molecule has 0 bridgehead atoms. The van der Waals surface area contributed by atoms with Crippen molar-refractivity contribution in [3.05, 3.63) is 58.7 Å². The Hall–Kier alpha value is -2.54. The summed E-state index contributed by atoms with van der Waals surface area (Å²) in [5.74, 6) is 0.779. The maximum atomic E-state index is 13.0. The van der Waals surface area contributed by atoms with Crippen molar-refractivity contribution >= 4 is 21.6 Å². The summed E-state index contributed by atoms with van der Waals surface area (Å²) in [6, 6.07) is 10.5. The molecule has 0 saturated carbocycles. The first kappa shape index (κ1) is 22.7. The molecule has 1 amide bonds. The number of anilines is 1. The van der Waals surface area contributed by atoms with E-state index >= 15 is 0 Å². The van der Waals surface area contributed by atoms with Crippen molar-refractivity contribution in [3.8, 4) is 5.75 Å². The van der Waals surface area contributed by atoms with Gasteiger partial charge in [-0.05, 0) is 60.7 Å². The largest absolute Gasteiger partial charge is 0.496 e. The van der Waals surface area contributed by atoms with Crippen LogP contribution >= 0.6 is 0 Å². The van der Waals surface area contributed by atoms with Crippen LogP contribution < -0.4 is 14.4 Å². The van der Waals surface area contributed by atoms with Gasteiger partial charge in [-0.1, -0.05) is 26.0 Å². The maximum Gasteiger partial charge on any atom is 0.253 e. The number of hydrogen-bond donors (Lipinski definition) is 1. The van der Waals surface area contributed by atoms with Crippen LogP contribution in [0, 0.1) is 6.92 Å². The van der Waals surface area contributed by atoms with Gasteiger partial charge in [-0.15, -0.1) is 0 Å². The number of hydrogen-bond acceptors (Lipinski definition) is 4. The minimum atomic E-state index is -3.48. The number of rotatable bonds is 7. The van der Waals surface area contributed by atoms with Gasteiger partial charge in [-0.2, -0.15) is 0 Å². The number of amides is 1. The summed E-state index contributed by atoms with van der Waals surface area (Å²) in [6.07, 6.45) is 1.11. The van der Waals surface area contributed by atoms with Crippen LogP contribution in [0.2, 0.25) is 0 Å². The van der Waals surface area contributed by atoms with Crippen LogP contribution in [-0.4, -0.2) is 34.7 Å². The van der Waals surface area contributed by atoms with Crippen LogP contribution in [0.4, 0.5) is 5.69 Å². The molecule has 29 heavy (non-hydrogen) atoms. The summed E-state index contributed by atoms with van der Waals surface area (Å²) in [5.41, 5.74) is 3.74. The standard InChI is InChI=1S/C22H30N2O4S/c1-14(2)18-13-19(15(3)12-21(18)28-6)16(4)23-22(25)17-10-8-9-11-20(17)24(5)29(7,26)27/h8-14,16H,1-7H3,(H,23,25). The smallest absolute Gasteiger partial charge is 0.253 e. The van der Waals surface area contributed by atoms with Crippen molar-refractivity contribution in [2.75, 3.05) is 24.7 Å². The Balaban J connectivity index is 2.37. The van der Waals surface area contributed by atoms with Gasteiger partial charge in [-0.3, -0.25) is 9.10 Å². The first-order chi connectivity index (χ1) is 13.5. The Morgan fingerprint density at radius 3 is 2.28 bits per heavy atom. The molecule has 0 aliphatic rings. The molecule has 2 aromatic rings. The number of carbonyl (C=O) groups is 1. The van der Waals surface area contributed by atoms with Gasteiger partial charge in [0.25, 0.3) is 5.91 Å². The van der Waals surface area contributed by atoms with E-state index in [2.05, 4.69) is 25.2 Å². The van der Waals surface area contributed by atoms with Gasteiger partial charge >= 0.3 is 0 Å². The third kappa shape index (κ3) is 5.09. The van der Waals surface area contributed by atoms with E-state index in [1.807, 2.05) is 19.9 Å². The van der Waals surface area contributed by atoms with Gasteiger partial charge in [0.15, 0.2) is 0 Å². The van der Waals surface area contributed by atoms with Crippen LogP contribution in [-0.2, 0) is 10.0 Å². The SMILES string of the molecule is COc1cc(C)c(C(C)NC(=O)c2ccccc2N(C)S(C)(=O)=O)cc1C(C)C. The zero-order valence-corrected chi connectivity index (χ0v) is 18.9. The summed E-state index contributed by atoms with van der Waals surface area (Å²) >= 11 is 0. The van der Waals surface area contributed by atoms with Crippen LogP contribution in [0.25, 0.3) is 0 Å². The average molecular weight is 419 g/mol. The summed E-state index contributed by atoms with van der Waals surface area (Å²) in [4.78, 5) is 13.0. The van der Waals surface area contributed by atoms with E-state index in [1.165, 1.54) is 7.05 Å². The van der Waals surface area contributed by atoms with E-state index in [0.29, 0.717) is 11.3 Å². The first-order valence-electron chi connectivity index (χ1n) is 9.49. The Morgan fingerprint density at radius 1 is 1.10 bits per heavy atom. The number of methoxy groups -OCH3 is 1. The molecule has 0 fully saturated rings. The summed E-state index contributed by atoms with van der Waals surface area (Å²) < 4.78 is 30.5. The van der Waals surface area contributed by atoms with Crippen molar-refractivity contribution in [2.45, 2.75) is 39.7 Å². The third-order valence-electron chi connectivity index (χ3n) is 5.04. The Kier molecular flexibility index (Phi) is 6.95. The van der Waals surface area contributed by atoms with Crippen LogP contribution in [0.3, 0.4) is 0 Å². The van der Waals surface area contributed by atoms with E-state index in [-0.39, 0.29) is 17.9 Å². The zero-order valence-electron chi connectivity index (χ0n) is 18.1. The molecule has 0 heterocycles. The quantitative estimate of drug-likeness (QED) is 0.737. The molecule has 1 atom stereocenters. The molecule has 2 aromatic carbocycles.